The highest BCUT2D eigenvalue weighted by atomic mass is 127. The highest BCUT2D eigenvalue weighted by Gasteiger charge is 2.27. The Bertz CT molecular complexity index is 553. The molecule has 0 spiro atoms. The molecule has 84 valence electrons. The van der Waals surface area contributed by atoms with E-state index in [0.29, 0.717) is 20.0 Å². The maximum absolute atomic E-state index is 9.85. The van der Waals surface area contributed by atoms with Gasteiger partial charge in [-0.25, -0.2) is 0 Å². The Morgan fingerprint density at radius 1 is 1.31 bits per heavy atom. The molecular weight excluding hydrogens is 383 g/mol. The molecule has 16 heavy (non-hydrogen) atoms. The summed E-state index contributed by atoms with van der Waals surface area (Å²) >= 11 is 19.6. The Morgan fingerprint density at radius 3 is 2.62 bits per heavy atom. The lowest BCUT2D eigenvalue weighted by molar-refractivity contribution is 0.476. The molecule has 1 aromatic carbocycles. The zero-order chi connectivity index (χ0) is 11.9. The van der Waals surface area contributed by atoms with Crippen molar-refractivity contribution in [3.8, 4) is 5.75 Å². The lowest BCUT2D eigenvalue weighted by Gasteiger charge is -2.15. The first-order chi connectivity index (χ1) is 7.41. The zero-order valence-corrected chi connectivity index (χ0v) is 12.1. The highest BCUT2D eigenvalue weighted by Crippen LogP contribution is 2.44. The van der Waals surface area contributed by atoms with Crippen LogP contribution in [0.1, 0.15) is 5.56 Å². The minimum Gasteiger partial charge on any atom is -0.505 e. The van der Waals surface area contributed by atoms with E-state index in [0.717, 1.165) is 0 Å². The van der Waals surface area contributed by atoms with Crippen LogP contribution in [-0.4, -0.2) is 10.1 Å². The van der Waals surface area contributed by atoms with Gasteiger partial charge in [0.25, 0.3) is 0 Å². The minimum absolute atomic E-state index is 0.106. The van der Waals surface area contributed by atoms with Gasteiger partial charge in [0.05, 0.1) is 3.57 Å². The topological polar surface area (TPSA) is 33.1 Å². The van der Waals surface area contributed by atoms with Crippen LogP contribution in [0.4, 0.5) is 0 Å². The van der Waals surface area contributed by atoms with Gasteiger partial charge >= 0.3 is 0 Å². The largest absolute Gasteiger partial charge is 0.505 e. The molecule has 2 nitrogen and oxygen atoms in total. The molecule has 0 bridgehead atoms. The Morgan fingerprint density at radius 2 is 2.00 bits per heavy atom. The number of phenolic OH excluding ortho intramolecular Hbond substituents is 1. The predicted octanol–water partition coefficient (Wildman–Crippen LogP) is 4.37. The maximum Gasteiger partial charge on any atom is 0.216 e. The first-order valence-electron chi connectivity index (χ1n) is 4.24. The summed E-state index contributed by atoms with van der Waals surface area (Å²) in [5.41, 5.74) is 0.957. The van der Waals surface area contributed by atoms with Gasteiger partial charge in [0, 0.05) is 17.1 Å². The fraction of sp³-hybridized carbons (Fsp3) is 0.100. The molecule has 0 saturated carbocycles. The molecule has 0 aliphatic carbocycles. The number of hydrogen-bond donors (Lipinski definition) is 1. The number of aromatic nitrogens is 1. The molecule has 1 heterocycles. The first-order valence-corrected chi connectivity index (χ1v) is 6.46. The first kappa shape index (κ1) is 12.5. The van der Waals surface area contributed by atoms with Crippen molar-refractivity contribution in [2.75, 3.05) is 0 Å². The zero-order valence-electron chi connectivity index (χ0n) is 7.72. The summed E-state index contributed by atoms with van der Waals surface area (Å²) in [4.78, 5) is 4.09. The normalized spacial score (nSPS) is 12.0. The van der Waals surface area contributed by atoms with Gasteiger partial charge in [0.1, 0.15) is 5.52 Å². The standard InChI is InChI=1S/C10H5Cl3INO/c11-10(12,13)6-4-7(14)9(16)8-5(6)2-1-3-15-8/h1-4,16H. The minimum atomic E-state index is -1.53. The average molecular weight is 388 g/mol. The van der Waals surface area contributed by atoms with Gasteiger partial charge < -0.3 is 5.11 Å². The molecular formula is C10H5Cl3INO. The molecule has 0 unspecified atom stereocenters. The van der Waals surface area contributed by atoms with E-state index in [9.17, 15) is 5.11 Å². The van der Waals surface area contributed by atoms with E-state index in [1.54, 1.807) is 24.4 Å². The molecule has 0 amide bonds. The van der Waals surface area contributed by atoms with E-state index < -0.39 is 3.79 Å². The molecule has 1 N–H and O–H groups in total. The van der Waals surface area contributed by atoms with Crippen molar-refractivity contribution >= 4 is 68.3 Å². The molecule has 0 fully saturated rings. The number of rotatable bonds is 0. The Hall–Kier alpha value is 0.0300. The van der Waals surface area contributed by atoms with Gasteiger partial charge in [-0.05, 0) is 34.7 Å². The summed E-state index contributed by atoms with van der Waals surface area (Å²) < 4.78 is -0.931. The third kappa shape index (κ3) is 2.18. The van der Waals surface area contributed by atoms with Crippen molar-refractivity contribution in [2.45, 2.75) is 3.79 Å². The monoisotopic (exact) mass is 387 g/mol. The fourth-order valence-electron chi connectivity index (χ4n) is 1.43. The van der Waals surface area contributed by atoms with Gasteiger partial charge in [-0.3, -0.25) is 4.98 Å². The fourth-order valence-corrected chi connectivity index (χ4v) is 2.47. The Labute approximate surface area is 121 Å². The van der Waals surface area contributed by atoms with Crippen molar-refractivity contribution in [3.63, 3.8) is 0 Å². The van der Waals surface area contributed by atoms with E-state index in [2.05, 4.69) is 4.98 Å². The van der Waals surface area contributed by atoms with Crippen LogP contribution in [0.5, 0.6) is 5.75 Å². The third-order valence-corrected chi connectivity index (χ3v) is 3.56. The van der Waals surface area contributed by atoms with Gasteiger partial charge in [-0.1, -0.05) is 40.9 Å². The number of fused-ring (bicyclic) bond motifs is 1. The van der Waals surface area contributed by atoms with Crippen LogP contribution in [0.2, 0.25) is 0 Å². The number of halogens is 4. The number of nitrogens with zero attached hydrogens (tertiary/aromatic N) is 1. The second-order valence-electron chi connectivity index (χ2n) is 3.15. The van der Waals surface area contributed by atoms with Crippen molar-refractivity contribution in [1.82, 2.24) is 4.98 Å². The van der Waals surface area contributed by atoms with Crippen LogP contribution >= 0.6 is 57.4 Å². The second kappa shape index (κ2) is 4.37. The third-order valence-electron chi connectivity index (χ3n) is 2.12. The highest BCUT2D eigenvalue weighted by molar-refractivity contribution is 14.1. The molecule has 0 aliphatic rings. The average Bonchev–Trinajstić information content (AvgIpc) is 2.22. The quantitative estimate of drug-likeness (QED) is 0.537. The molecule has 0 radical (unpaired) electrons. The van der Waals surface area contributed by atoms with Crippen molar-refractivity contribution in [2.24, 2.45) is 0 Å². The number of phenols is 1. The van der Waals surface area contributed by atoms with Crippen molar-refractivity contribution in [3.05, 3.63) is 33.5 Å². The summed E-state index contributed by atoms with van der Waals surface area (Å²) in [6.07, 6.45) is 1.58. The van der Waals surface area contributed by atoms with E-state index in [1.807, 2.05) is 22.6 Å². The molecule has 0 saturated heterocycles. The molecule has 1 aromatic heterocycles. The number of hydrogen-bond acceptors (Lipinski definition) is 2. The molecule has 2 rings (SSSR count). The molecule has 0 atom stereocenters. The molecule has 6 heteroatoms. The van der Waals surface area contributed by atoms with E-state index in [-0.39, 0.29) is 5.75 Å². The van der Waals surface area contributed by atoms with E-state index in [1.165, 1.54) is 0 Å². The maximum atomic E-state index is 9.85. The summed E-state index contributed by atoms with van der Waals surface area (Å²) in [6.45, 7) is 0. The number of aromatic hydroxyl groups is 1. The number of benzene rings is 1. The van der Waals surface area contributed by atoms with Crippen LogP contribution in [0.25, 0.3) is 10.9 Å². The van der Waals surface area contributed by atoms with Crippen molar-refractivity contribution in [1.29, 1.82) is 0 Å². The summed E-state index contributed by atoms with van der Waals surface area (Å²) in [7, 11) is 0. The SMILES string of the molecule is Oc1c(I)cc(C(Cl)(Cl)Cl)c2cccnc12. The lowest BCUT2D eigenvalue weighted by Crippen LogP contribution is -2.02. The number of pyridine rings is 1. The summed E-state index contributed by atoms with van der Waals surface area (Å²) in [6, 6.07) is 5.14. The number of alkyl halides is 3. The second-order valence-corrected chi connectivity index (χ2v) is 6.60. The van der Waals surface area contributed by atoms with Crippen LogP contribution in [0.15, 0.2) is 24.4 Å². The van der Waals surface area contributed by atoms with Crippen LogP contribution < -0.4 is 0 Å². The van der Waals surface area contributed by atoms with Crippen LogP contribution in [0.3, 0.4) is 0 Å². The van der Waals surface area contributed by atoms with E-state index >= 15 is 0 Å². The smallest absolute Gasteiger partial charge is 0.216 e. The van der Waals surface area contributed by atoms with Gasteiger partial charge in [0.15, 0.2) is 5.75 Å². The Kier molecular flexibility index (Phi) is 3.41. The summed E-state index contributed by atoms with van der Waals surface area (Å²) in [5, 5.41) is 10.5. The van der Waals surface area contributed by atoms with Gasteiger partial charge in [-0.15, -0.1) is 0 Å². The van der Waals surface area contributed by atoms with Gasteiger partial charge in [0.2, 0.25) is 3.79 Å². The van der Waals surface area contributed by atoms with E-state index in [4.69, 9.17) is 34.8 Å². The molecule has 0 aliphatic heterocycles. The van der Waals surface area contributed by atoms with Crippen molar-refractivity contribution < 1.29 is 5.11 Å². The summed E-state index contributed by atoms with van der Waals surface area (Å²) in [5.74, 6) is 0.106. The van der Waals surface area contributed by atoms with Crippen LogP contribution in [-0.2, 0) is 3.79 Å². The lowest BCUT2D eigenvalue weighted by atomic mass is 10.1. The Balaban J connectivity index is 2.91. The van der Waals surface area contributed by atoms with Crippen LogP contribution in [0, 0.1) is 3.57 Å². The van der Waals surface area contributed by atoms with Gasteiger partial charge in [-0.2, -0.15) is 0 Å². The molecule has 2 aromatic rings. The predicted molar refractivity (Wildman–Crippen MR) is 75.4 cm³/mol.